The van der Waals surface area contributed by atoms with Crippen molar-refractivity contribution in [2.24, 2.45) is 16.7 Å². The number of nitrogens with one attached hydrogen (secondary N) is 1. The van der Waals surface area contributed by atoms with Crippen LogP contribution in [0, 0.1) is 0 Å². The maximum atomic E-state index is 11.6. The summed E-state index contributed by atoms with van der Waals surface area (Å²) in [6.07, 6.45) is 0. The minimum absolute atomic E-state index is 0.135. The number of hydrogen-bond donors (Lipinski definition) is 3. The van der Waals surface area contributed by atoms with E-state index < -0.39 is 0 Å². The second kappa shape index (κ2) is 6.90. The first-order chi connectivity index (χ1) is 8.52. The molecule has 0 bridgehead atoms. The van der Waals surface area contributed by atoms with Gasteiger partial charge in [0.1, 0.15) is 0 Å². The SMILES string of the molecule is CC(C)c1ccc(NC(=O)CSC(N)=NN)cc1. The number of amidine groups is 1. The van der Waals surface area contributed by atoms with Crippen LogP contribution in [0.5, 0.6) is 0 Å². The van der Waals surface area contributed by atoms with Gasteiger partial charge in [-0.2, -0.15) is 5.10 Å². The Morgan fingerprint density at radius 1 is 1.39 bits per heavy atom. The fourth-order valence-corrected chi connectivity index (χ4v) is 1.75. The highest BCUT2D eigenvalue weighted by atomic mass is 32.2. The summed E-state index contributed by atoms with van der Waals surface area (Å²) in [5, 5.41) is 6.25. The van der Waals surface area contributed by atoms with E-state index in [1.807, 2.05) is 24.3 Å². The van der Waals surface area contributed by atoms with Crippen LogP contribution in [0.15, 0.2) is 29.4 Å². The number of benzene rings is 1. The fraction of sp³-hybridized carbons (Fsp3) is 0.333. The number of amides is 1. The van der Waals surface area contributed by atoms with E-state index >= 15 is 0 Å². The van der Waals surface area contributed by atoms with E-state index in [-0.39, 0.29) is 16.8 Å². The lowest BCUT2D eigenvalue weighted by Gasteiger charge is -2.08. The molecule has 0 spiro atoms. The Morgan fingerprint density at radius 3 is 2.50 bits per heavy atom. The number of hydrazone groups is 1. The summed E-state index contributed by atoms with van der Waals surface area (Å²) in [5.74, 6) is 5.50. The van der Waals surface area contributed by atoms with Crippen molar-refractivity contribution in [1.29, 1.82) is 0 Å². The van der Waals surface area contributed by atoms with Crippen LogP contribution in [-0.2, 0) is 4.79 Å². The molecule has 1 amide bonds. The molecule has 0 aliphatic rings. The zero-order valence-corrected chi connectivity index (χ0v) is 11.3. The maximum Gasteiger partial charge on any atom is 0.234 e. The lowest BCUT2D eigenvalue weighted by atomic mass is 10.0. The normalized spacial score (nSPS) is 11.6. The standard InChI is InChI=1S/C12H18N4OS/c1-8(2)9-3-5-10(6-4-9)15-11(17)7-18-12(13)16-14/h3-6,8H,7,14H2,1-2H3,(H2,13,16)(H,15,17). The molecule has 1 aromatic carbocycles. The van der Waals surface area contributed by atoms with E-state index in [2.05, 4.69) is 24.3 Å². The molecule has 0 fully saturated rings. The van der Waals surface area contributed by atoms with E-state index in [1.165, 1.54) is 5.56 Å². The number of carbonyl (C=O) groups excluding carboxylic acids is 1. The number of thioether (sulfide) groups is 1. The van der Waals surface area contributed by atoms with E-state index in [0.717, 1.165) is 17.4 Å². The molecule has 5 nitrogen and oxygen atoms in total. The summed E-state index contributed by atoms with van der Waals surface area (Å²) in [6.45, 7) is 4.25. The molecule has 0 atom stereocenters. The van der Waals surface area contributed by atoms with Crippen LogP contribution in [0.25, 0.3) is 0 Å². The largest absolute Gasteiger partial charge is 0.377 e. The van der Waals surface area contributed by atoms with Gasteiger partial charge in [-0.05, 0) is 23.6 Å². The van der Waals surface area contributed by atoms with Crippen LogP contribution in [0.3, 0.4) is 0 Å². The first-order valence-electron chi connectivity index (χ1n) is 5.59. The minimum atomic E-state index is -0.135. The van der Waals surface area contributed by atoms with Crippen LogP contribution >= 0.6 is 11.8 Å². The first-order valence-corrected chi connectivity index (χ1v) is 6.57. The minimum Gasteiger partial charge on any atom is -0.377 e. The van der Waals surface area contributed by atoms with Crippen molar-refractivity contribution in [3.05, 3.63) is 29.8 Å². The second-order valence-corrected chi connectivity index (χ2v) is 5.08. The molecular weight excluding hydrogens is 248 g/mol. The first kappa shape index (κ1) is 14.4. The molecule has 0 aliphatic carbocycles. The molecule has 0 radical (unpaired) electrons. The summed E-state index contributed by atoms with van der Waals surface area (Å²) < 4.78 is 0. The highest BCUT2D eigenvalue weighted by molar-refractivity contribution is 8.14. The summed E-state index contributed by atoms with van der Waals surface area (Å²) in [4.78, 5) is 11.6. The van der Waals surface area contributed by atoms with Gasteiger partial charge in [0.2, 0.25) is 5.91 Å². The third kappa shape index (κ3) is 4.67. The van der Waals surface area contributed by atoms with Crippen molar-refractivity contribution in [2.75, 3.05) is 11.1 Å². The molecule has 5 N–H and O–H groups in total. The monoisotopic (exact) mass is 266 g/mol. The quantitative estimate of drug-likeness (QED) is 0.334. The molecule has 0 heterocycles. The van der Waals surface area contributed by atoms with Crippen LogP contribution in [0.1, 0.15) is 25.3 Å². The Balaban J connectivity index is 2.49. The van der Waals surface area contributed by atoms with Gasteiger partial charge in [-0.3, -0.25) is 4.79 Å². The Labute approximate surface area is 111 Å². The predicted octanol–water partition coefficient (Wildman–Crippen LogP) is 1.67. The van der Waals surface area contributed by atoms with E-state index in [0.29, 0.717) is 5.92 Å². The molecule has 0 aliphatic heterocycles. The van der Waals surface area contributed by atoms with Crippen molar-refractivity contribution >= 4 is 28.5 Å². The summed E-state index contributed by atoms with van der Waals surface area (Å²) in [7, 11) is 0. The van der Waals surface area contributed by atoms with E-state index in [1.54, 1.807) is 0 Å². The summed E-state index contributed by atoms with van der Waals surface area (Å²) in [6, 6.07) is 7.78. The van der Waals surface area contributed by atoms with Crippen LogP contribution in [0.2, 0.25) is 0 Å². The van der Waals surface area contributed by atoms with Gasteiger partial charge in [-0.25, -0.2) is 0 Å². The number of anilines is 1. The Bertz CT molecular complexity index is 428. The molecule has 0 aromatic heterocycles. The van der Waals surface area contributed by atoms with Crippen molar-refractivity contribution in [2.45, 2.75) is 19.8 Å². The lowest BCUT2D eigenvalue weighted by molar-refractivity contribution is -0.113. The number of nitrogens with zero attached hydrogens (tertiary/aromatic N) is 1. The van der Waals surface area contributed by atoms with Gasteiger partial charge in [0, 0.05) is 5.69 Å². The number of nitrogens with two attached hydrogens (primary N) is 2. The van der Waals surface area contributed by atoms with Crippen LogP contribution in [0.4, 0.5) is 5.69 Å². The molecule has 0 saturated heterocycles. The molecule has 1 aromatic rings. The van der Waals surface area contributed by atoms with Gasteiger partial charge in [-0.1, -0.05) is 37.7 Å². The maximum absolute atomic E-state index is 11.6. The Morgan fingerprint density at radius 2 is 2.00 bits per heavy atom. The van der Waals surface area contributed by atoms with Crippen molar-refractivity contribution in [3.63, 3.8) is 0 Å². The second-order valence-electron chi connectivity index (χ2n) is 4.08. The average molecular weight is 266 g/mol. The summed E-state index contributed by atoms with van der Waals surface area (Å²) >= 11 is 1.10. The van der Waals surface area contributed by atoms with Gasteiger partial charge in [-0.15, -0.1) is 0 Å². The van der Waals surface area contributed by atoms with E-state index in [4.69, 9.17) is 11.6 Å². The predicted molar refractivity (Wildman–Crippen MR) is 77.4 cm³/mol. The van der Waals surface area contributed by atoms with E-state index in [9.17, 15) is 4.79 Å². The molecule has 18 heavy (non-hydrogen) atoms. The highest BCUT2D eigenvalue weighted by Crippen LogP contribution is 2.17. The van der Waals surface area contributed by atoms with Gasteiger partial charge < -0.3 is 16.9 Å². The van der Waals surface area contributed by atoms with Gasteiger partial charge in [0.25, 0.3) is 0 Å². The van der Waals surface area contributed by atoms with Gasteiger partial charge >= 0.3 is 0 Å². The molecule has 0 unspecified atom stereocenters. The zero-order chi connectivity index (χ0) is 13.5. The zero-order valence-electron chi connectivity index (χ0n) is 10.5. The smallest absolute Gasteiger partial charge is 0.234 e. The van der Waals surface area contributed by atoms with Crippen molar-refractivity contribution < 1.29 is 4.79 Å². The van der Waals surface area contributed by atoms with Crippen molar-refractivity contribution in [1.82, 2.24) is 0 Å². The fourth-order valence-electron chi connectivity index (χ4n) is 1.33. The van der Waals surface area contributed by atoms with Crippen molar-refractivity contribution in [3.8, 4) is 0 Å². The van der Waals surface area contributed by atoms with Crippen LogP contribution in [-0.4, -0.2) is 16.8 Å². The van der Waals surface area contributed by atoms with Crippen LogP contribution < -0.4 is 16.9 Å². The molecular formula is C12H18N4OS. The molecule has 98 valence electrons. The number of rotatable bonds is 4. The summed E-state index contributed by atoms with van der Waals surface area (Å²) in [5.41, 5.74) is 7.39. The highest BCUT2D eigenvalue weighted by Gasteiger charge is 2.05. The topological polar surface area (TPSA) is 93.5 Å². The number of carbonyl (C=O) groups is 1. The molecule has 1 rings (SSSR count). The third-order valence-electron chi connectivity index (χ3n) is 2.34. The van der Waals surface area contributed by atoms with Gasteiger partial charge in [0.15, 0.2) is 5.17 Å². The lowest BCUT2D eigenvalue weighted by Crippen LogP contribution is -2.18. The average Bonchev–Trinajstić information content (AvgIpc) is 2.36. The van der Waals surface area contributed by atoms with Gasteiger partial charge in [0.05, 0.1) is 5.75 Å². The Hall–Kier alpha value is -1.69. The molecule has 6 heteroatoms. The third-order valence-corrected chi connectivity index (χ3v) is 3.15. The number of hydrogen-bond acceptors (Lipinski definition) is 4. The molecule has 0 saturated carbocycles. The Kier molecular flexibility index (Phi) is 5.51.